The number of likely N-dealkylation sites (tertiary alicyclic amines) is 1. The first-order valence-corrected chi connectivity index (χ1v) is 8.72. The molecule has 2 aliphatic heterocycles. The fraction of sp³-hybridized carbons (Fsp3) is 0.316. The minimum atomic E-state index is -0.291. The molecular formula is C19H19ClFN5O. The fourth-order valence-electron chi connectivity index (χ4n) is 3.84. The van der Waals surface area contributed by atoms with Crippen LogP contribution in [-0.2, 0) is 17.9 Å². The minimum absolute atomic E-state index is 0. The second kappa shape index (κ2) is 7.34. The molecule has 2 atom stereocenters. The van der Waals surface area contributed by atoms with Crippen molar-refractivity contribution in [3.63, 3.8) is 0 Å². The van der Waals surface area contributed by atoms with Crippen LogP contribution in [0.5, 0.6) is 0 Å². The molecule has 0 radical (unpaired) electrons. The van der Waals surface area contributed by atoms with Gasteiger partial charge in [0.2, 0.25) is 0 Å². The average molecular weight is 388 g/mol. The number of ether oxygens (including phenoxy) is 1. The van der Waals surface area contributed by atoms with Crippen LogP contribution in [0.4, 0.5) is 4.39 Å². The number of rotatable bonds is 3. The van der Waals surface area contributed by atoms with Crippen molar-refractivity contribution >= 4 is 12.4 Å². The molecule has 2 unspecified atom stereocenters. The molecule has 8 heteroatoms. The van der Waals surface area contributed by atoms with Gasteiger partial charge in [-0.1, -0.05) is 23.4 Å². The molecule has 0 bridgehead atoms. The molecule has 2 aromatic heterocycles. The second-order valence-electron chi connectivity index (χ2n) is 6.74. The highest BCUT2D eigenvalue weighted by Crippen LogP contribution is 2.35. The van der Waals surface area contributed by atoms with Gasteiger partial charge in [0.05, 0.1) is 30.1 Å². The molecule has 1 saturated heterocycles. The van der Waals surface area contributed by atoms with Crippen LogP contribution >= 0.6 is 12.4 Å². The maximum absolute atomic E-state index is 14.2. The summed E-state index contributed by atoms with van der Waals surface area (Å²) in [6.45, 7) is 2.82. The average Bonchev–Trinajstić information content (AvgIpc) is 3.26. The predicted octanol–water partition coefficient (Wildman–Crippen LogP) is 2.86. The topological polar surface area (TPSA) is 56.1 Å². The first-order chi connectivity index (χ1) is 12.8. The van der Waals surface area contributed by atoms with Gasteiger partial charge in [0.15, 0.2) is 0 Å². The van der Waals surface area contributed by atoms with Crippen molar-refractivity contribution in [1.29, 1.82) is 0 Å². The van der Waals surface area contributed by atoms with Crippen LogP contribution < -0.4 is 0 Å². The fourth-order valence-corrected chi connectivity index (χ4v) is 3.84. The van der Waals surface area contributed by atoms with E-state index < -0.39 is 0 Å². The molecule has 0 spiro atoms. The SMILES string of the molecule is Cl.Fc1ccccc1-c1nnn2c1COC1CN(Cc3ccccn3)CC12. The van der Waals surface area contributed by atoms with Crippen LogP contribution in [0.1, 0.15) is 17.4 Å². The maximum Gasteiger partial charge on any atom is 0.132 e. The van der Waals surface area contributed by atoms with Crippen molar-refractivity contribution in [2.45, 2.75) is 25.3 Å². The zero-order valence-corrected chi connectivity index (χ0v) is 15.3. The molecule has 2 aliphatic rings. The number of fused-ring (bicyclic) bond motifs is 3. The van der Waals surface area contributed by atoms with Gasteiger partial charge in [0, 0.05) is 31.4 Å². The summed E-state index contributed by atoms with van der Waals surface area (Å²) in [7, 11) is 0. The largest absolute Gasteiger partial charge is 0.368 e. The van der Waals surface area contributed by atoms with E-state index in [1.165, 1.54) is 6.07 Å². The van der Waals surface area contributed by atoms with E-state index in [0.29, 0.717) is 17.9 Å². The Kier molecular flexibility index (Phi) is 4.90. The number of hydrogen-bond donors (Lipinski definition) is 0. The third kappa shape index (κ3) is 3.22. The summed E-state index contributed by atoms with van der Waals surface area (Å²) in [6, 6.07) is 12.7. The molecule has 27 heavy (non-hydrogen) atoms. The lowest BCUT2D eigenvalue weighted by Crippen LogP contribution is -2.32. The zero-order valence-electron chi connectivity index (χ0n) is 14.5. The highest BCUT2D eigenvalue weighted by Gasteiger charge is 2.40. The summed E-state index contributed by atoms with van der Waals surface area (Å²) in [6.07, 6.45) is 1.88. The van der Waals surface area contributed by atoms with Crippen molar-refractivity contribution in [2.24, 2.45) is 0 Å². The maximum atomic E-state index is 14.2. The standard InChI is InChI=1S/C19H18FN5O.ClH/c20-15-7-2-1-6-14(15)19-17-12-26-18-11-24(9-13-5-3-4-8-21-13)10-16(18)25(17)23-22-19;/h1-8,16,18H,9-12H2;1H. The number of hydrogen-bond acceptors (Lipinski definition) is 5. The van der Waals surface area contributed by atoms with Crippen molar-refractivity contribution < 1.29 is 9.13 Å². The Balaban J connectivity index is 0.00000180. The van der Waals surface area contributed by atoms with E-state index in [2.05, 4.69) is 20.2 Å². The van der Waals surface area contributed by atoms with Gasteiger partial charge in [-0.2, -0.15) is 0 Å². The van der Waals surface area contributed by atoms with Gasteiger partial charge < -0.3 is 4.74 Å². The quantitative estimate of drug-likeness (QED) is 0.691. The number of benzene rings is 1. The van der Waals surface area contributed by atoms with Crippen LogP contribution in [0.2, 0.25) is 0 Å². The minimum Gasteiger partial charge on any atom is -0.368 e. The molecule has 5 rings (SSSR count). The van der Waals surface area contributed by atoms with E-state index in [1.807, 2.05) is 29.1 Å². The molecule has 0 N–H and O–H groups in total. The van der Waals surface area contributed by atoms with Crippen molar-refractivity contribution in [2.75, 3.05) is 13.1 Å². The second-order valence-corrected chi connectivity index (χ2v) is 6.74. The van der Waals surface area contributed by atoms with E-state index in [9.17, 15) is 4.39 Å². The van der Waals surface area contributed by atoms with E-state index in [0.717, 1.165) is 31.0 Å². The summed E-state index contributed by atoms with van der Waals surface area (Å²) in [5, 5.41) is 8.60. The molecule has 0 amide bonds. The van der Waals surface area contributed by atoms with E-state index in [4.69, 9.17) is 4.74 Å². The summed E-state index contributed by atoms with van der Waals surface area (Å²) < 4.78 is 22.2. The van der Waals surface area contributed by atoms with Crippen LogP contribution in [-0.4, -0.2) is 44.1 Å². The molecule has 6 nitrogen and oxygen atoms in total. The number of pyridine rings is 1. The number of aromatic nitrogens is 4. The Labute approximate surface area is 162 Å². The van der Waals surface area contributed by atoms with E-state index in [-0.39, 0.29) is 30.4 Å². The number of halogens is 2. The Morgan fingerprint density at radius 3 is 2.78 bits per heavy atom. The van der Waals surface area contributed by atoms with Crippen LogP contribution in [0.15, 0.2) is 48.7 Å². The lowest BCUT2D eigenvalue weighted by molar-refractivity contribution is -0.00496. The molecule has 0 aliphatic carbocycles. The van der Waals surface area contributed by atoms with Gasteiger partial charge in [0.25, 0.3) is 0 Å². The van der Waals surface area contributed by atoms with Gasteiger partial charge in [-0.3, -0.25) is 9.88 Å². The number of nitrogens with zero attached hydrogens (tertiary/aromatic N) is 5. The molecule has 0 saturated carbocycles. The molecule has 1 fully saturated rings. The van der Waals surface area contributed by atoms with Crippen molar-refractivity contribution in [1.82, 2.24) is 24.9 Å². The zero-order chi connectivity index (χ0) is 17.5. The van der Waals surface area contributed by atoms with E-state index in [1.54, 1.807) is 18.2 Å². The monoisotopic (exact) mass is 387 g/mol. The summed E-state index contributed by atoms with van der Waals surface area (Å²) in [5.74, 6) is -0.291. The lowest BCUT2D eigenvalue weighted by atomic mass is 10.1. The first kappa shape index (κ1) is 18.0. The molecule has 1 aromatic carbocycles. The van der Waals surface area contributed by atoms with Gasteiger partial charge in [-0.25, -0.2) is 9.07 Å². The van der Waals surface area contributed by atoms with Gasteiger partial charge >= 0.3 is 0 Å². The Hall–Kier alpha value is -2.35. The Bertz CT molecular complexity index is 935. The van der Waals surface area contributed by atoms with Gasteiger partial charge in [-0.15, -0.1) is 17.5 Å². The molecule has 140 valence electrons. The molecule has 4 heterocycles. The van der Waals surface area contributed by atoms with Crippen LogP contribution in [0, 0.1) is 5.82 Å². The predicted molar refractivity (Wildman–Crippen MR) is 99.8 cm³/mol. The highest BCUT2D eigenvalue weighted by molar-refractivity contribution is 5.85. The van der Waals surface area contributed by atoms with Gasteiger partial charge in [0.1, 0.15) is 11.5 Å². The van der Waals surface area contributed by atoms with E-state index >= 15 is 0 Å². The third-order valence-corrected chi connectivity index (χ3v) is 5.09. The molecule has 3 aromatic rings. The Morgan fingerprint density at radius 2 is 1.96 bits per heavy atom. The smallest absolute Gasteiger partial charge is 0.132 e. The lowest BCUT2D eigenvalue weighted by Gasteiger charge is -2.26. The first-order valence-electron chi connectivity index (χ1n) is 8.72. The van der Waals surface area contributed by atoms with Crippen molar-refractivity contribution in [3.8, 4) is 11.3 Å². The van der Waals surface area contributed by atoms with Crippen molar-refractivity contribution in [3.05, 3.63) is 65.9 Å². The summed E-state index contributed by atoms with van der Waals surface area (Å²) in [4.78, 5) is 6.72. The molecular weight excluding hydrogens is 369 g/mol. The Morgan fingerprint density at radius 1 is 1.11 bits per heavy atom. The summed E-state index contributed by atoms with van der Waals surface area (Å²) >= 11 is 0. The van der Waals surface area contributed by atoms with Crippen LogP contribution in [0.25, 0.3) is 11.3 Å². The van der Waals surface area contributed by atoms with Crippen LogP contribution in [0.3, 0.4) is 0 Å². The normalized spacial score (nSPS) is 21.4. The summed E-state index contributed by atoms with van der Waals surface area (Å²) in [5.41, 5.74) is 2.93. The third-order valence-electron chi connectivity index (χ3n) is 5.09. The van der Waals surface area contributed by atoms with Gasteiger partial charge in [-0.05, 0) is 24.3 Å². The highest BCUT2D eigenvalue weighted by atomic mass is 35.5.